The zero-order chi connectivity index (χ0) is 21.2. The number of hydrogen-bond donors (Lipinski definition) is 3. The number of aryl methyl sites for hydroxylation is 1. The number of aromatic nitrogens is 1. The molecule has 1 aromatic carbocycles. The molecule has 3 N–H and O–H groups in total. The molecule has 0 radical (unpaired) electrons. The van der Waals surface area contributed by atoms with Crippen molar-refractivity contribution < 1.29 is 9.53 Å². The molecule has 0 bridgehead atoms. The van der Waals surface area contributed by atoms with Gasteiger partial charge in [0.15, 0.2) is 5.96 Å². The van der Waals surface area contributed by atoms with Crippen molar-refractivity contribution in [1.29, 1.82) is 0 Å². The molecule has 1 aliphatic rings. The molecule has 0 unspecified atom stereocenters. The summed E-state index contributed by atoms with van der Waals surface area (Å²) in [5.41, 5.74) is 2.81. The minimum absolute atomic E-state index is 0. The van der Waals surface area contributed by atoms with E-state index in [1.807, 2.05) is 6.92 Å². The standard InChI is InChI=1S/C23H31N5O2.HI/c1-3-25-23(27-12-11-26-22(29)20-5-4-10-24-14-20)28-15-19-9-6-17(2)13-21(19)30-16-18-7-8-18;/h4-6,9-10,13-14,18H,3,7-8,11-12,15-16H2,1-2H3,(H,26,29)(H2,25,27,28);1H. The van der Waals surface area contributed by atoms with Crippen LogP contribution in [0.25, 0.3) is 0 Å². The Kier molecular flexibility index (Phi) is 10.6. The molecule has 0 aliphatic heterocycles. The lowest BCUT2D eigenvalue weighted by Crippen LogP contribution is -2.41. The van der Waals surface area contributed by atoms with E-state index in [1.165, 1.54) is 18.4 Å². The molecule has 0 saturated heterocycles. The number of carbonyl (C=O) groups excluding carboxylic acids is 1. The van der Waals surface area contributed by atoms with E-state index in [-0.39, 0.29) is 29.9 Å². The van der Waals surface area contributed by atoms with Crippen LogP contribution in [0.5, 0.6) is 5.75 Å². The fraction of sp³-hybridized carbons (Fsp3) is 0.435. The van der Waals surface area contributed by atoms with Crippen molar-refractivity contribution in [2.45, 2.75) is 33.2 Å². The van der Waals surface area contributed by atoms with Crippen LogP contribution >= 0.6 is 24.0 Å². The molecule has 1 amide bonds. The van der Waals surface area contributed by atoms with Gasteiger partial charge in [0.1, 0.15) is 5.75 Å². The van der Waals surface area contributed by atoms with E-state index in [9.17, 15) is 4.79 Å². The molecule has 7 nitrogen and oxygen atoms in total. The number of guanidine groups is 1. The number of ether oxygens (including phenoxy) is 1. The molecular weight excluding hydrogens is 505 g/mol. The summed E-state index contributed by atoms with van der Waals surface area (Å²) in [5.74, 6) is 2.21. The lowest BCUT2D eigenvalue weighted by Gasteiger charge is -2.14. The van der Waals surface area contributed by atoms with Gasteiger partial charge in [0.2, 0.25) is 0 Å². The third kappa shape index (κ3) is 8.72. The largest absolute Gasteiger partial charge is 0.493 e. The van der Waals surface area contributed by atoms with Crippen LogP contribution in [0.1, 0.15) is 41.3 Å². The van der Waals surface area contributed by atoms with Crippen molar-refractivity contribution in [3.63, 3.8) is 0 Å². The summed E-state index contributed by atoms with van der Waals surface area (Å²) in [7, 11) is 0. The van der Waals surface area contributed by atoms with Crippen molar-refractivity contribution in [3.05, 3.63) is 59.4 Å². The van der Waals surface area contributed by atoms with Crippen molar-refractivity contribution in [1.82, 2.24) is 20.9 Å². The molecule has 2 aromatic rings. The summed E-state index contributed by atoms with van der Waals surface area (Å²) >= 11 is 0. The van der Waals surface area contributed by atoms with Crippen LogP contribution in [0.3, 0.4) is 0 Å². The second kappa shape index (κ2) is 13.1. The highest BCUT2D eigenvalue weighted by Crippen LogP contribution is 2.30. The highest BCUT2D eigenvalue weighted by atomic mass is 127. The van der Waals surface area contributed by atoms with E-state index >= 15 is 0 Å². The minimum atomic E-state index is -0.135. The van der Waals surface area contributed by atoms with Gasteiger partial charge in [-0.25, -0.2) is 4.99 Å². The van der Waals surface area contributed by atoms with E-state index in [0.717, 1.165) is 24.5 Å². The fourth-order valence-corrected chi connectivity index (χ4v) is 2.88. The fourth-order valence-electron chi connectivity index (χ4n) is 2.88. The molecule has 1 aromatic heterocycles. The van der Waals surface area contributed by atoms with Crippen LogP contribution in [0.4, 0.5) is 0 Å². The summed E-state index contributed by atoms with van der Waals surface area (Å²) in [6.45, 7) is 7.22. The maximum atomic E-state index is 12.1. The summed E-state index contributed by atoms with van der Waals surface area (Å²) in [4.78, 5) is 20.7. The normalized spacial score (nSPS) is 13.2. The van der Waals surface area contributed by atoms with Crippen LogP contribution in [0.15, 0.2) is 47.7 Å². The van der Waals surface area contributed by atoms with Gasteiger partial charge in [-0.1, -0.05) is 12.1 Å². The Morgan fingerprint density at radius 3 is 2.71 bits per heavy atom. The number of pyridine rings is 1. The number of amides is 1. The summed E-state index contributed by atoms with van der Waals surface area (Å²) in [6, 6.07) is 9.74. The van der Waals surface area contributed by atoms with E-state index in [1.54, 1.807) is 24.5 Å². The second-order valence-corrected chi connectivity index (χ2v) is 7.49. The SMILES string of the molecule is CCNC(=NCc1ccc(C)cc1OCC1CC1)NCCNC(=O)c1cccnc1.I. The monoisotopic (exact) mass is 537 g/mol. The van der Waals surface area contributed by atoms with Crippen LogP contribution in [0.2, 0.25) is 0 Å². The lowest BCUT2D eigenvalue weighted by atomic mass is 10.1. The van der Waals surface area contributed by atoms with E-state index in [0.29, 0.717) is 37.1 Å². The highest BCUT2D eigenvalue weighted by Gasteiger charge is 2.22. The molecule has 8 heteroatoms. The van der Waals surface area contributed by atoms with E-state index < -0.39 is 0 Å². The predicted octanol–water partition coefficient (Wildman–Crippen LogP) is 3.28. The van der Waals surface area contributed by atoms with Crippen LogP contribution in [0, 0.1) is 12.8 Å². The Morgan fingerprint density at radius 1 is 1.19 bits per heavy atom. The van der Waals surface area contributed by atoms with Gasteiger partial charge in [-0.15, -0.1) is 24.0 Å². The summed E-state index contributed by atoms with van der Waals surface area (Å²) in [5, 5.41) is 9.37. The second-order valence-electron chi connectivity index (χ2n) is 7.49. The van der Waals surface area contributed by atoms with Gasteiger partial charge in [-0.05, 0) is 56.4 Å². The van der Waals surface area contributed by atoms with Crippen molar-refractivity contribution in [3.8, 4) is 5.75 Å². The lowest BCUT2D eigenvalue weighted by molar-refractivity contribution is 0.0954. The molecule has 1 saturated carbocycles. The number of nitrogens with zero attached hydrogens (tertiary/aromatic N) is 2. The first-order valence-electron chi connectivity index (χ1n) is 10.6. The number of aliphatic imine (C=N–C) groups is 1. The first kappa shape index (κ1) is 24.9. The average Bonchev–Trinajstić information content (AvgIpc) is 3.59. The first-order valence-corrected chi connectivity index (χ1v) is 10.6. The number of hydrogen-bond acceptors (Lipinski definition) is 4. The number of carbonyl (C=O) groups is 1. The molecule has 0 atom stereocenters. The maximum Gasteiger partial charge on any atom is 0.252 e. The zero-order valence-corrected chi connectivity index (χ0v) is 20.5. The quantitative estimate of drug-likeness (QED) is 0.188. The molecule has 1 aliphatic carbocycles. The molecule has 3 rings (SSSR count). The van der Waals surface area contributed by atoms with Gasteiger partial charge < -0.3 is 20.7 Å². The van der Waals surface area contributed by atoms with Crippen LogP contribution < -0.4 is 20.7 Å². The Morgan fingerprint density at radius 2 is 2.00 bits per heavy atom. The van der Waals surface area contributed by atoms with Gasteiger partial charge in [0.25, 0.3) is 5.91 Å². The Bertz CT molecular complexity index is 856. The molecule has 1 fully saturated rings. The van der Waals surface area contributed by atoms with Crippen molar-refractivity contribution >= 4 is 35.8 Å². The van der Waals surface area contributed by atoms with Gasteiger partial charge in [-0.3, -0.25) is 9.78 Å². The first-order chi connectivity index (χ1) is 14.7. The van der Waals surface area contributed by atoms with Crippen LogP contribution in [-0.4, -0.2) is 43.1 Å². The third-order valence-corrected chi connectivity index (χ3v) is 4.77. The van der Waals surface area contributed by atoms with E-state index in [4.69, 9.17) is 4.74 Å². The van der Waals surface area contributed by atoms with Crippen molar-refractivity contribution in [2.24, 2.45) is 10.9 Å². The minimum Gasteiger partial charge on any atom is -0.493 e. The third-order valence-electron chi connectivity index (χ3n) is 4.77. The maximum absolute atomic E-state index is 12.1. The van der Waals surface area contributed by atoms with Gasteiger partial charge >= 0.3 is 0 Å². The van der Waals surface area contributed by atoms with Gasteiger partial charge in [-0.2, -0.15) is 0 Å². The number of benzene rings is 1. The Hall–Kier alpha value is -2.36. The summed E-state index contributed by atoms with van der Waals surface area (Å²) < 4.78 is 6.04. The summed E-state index contributed by atoms with van der Waals surface area (Å²) in [6.07, 6.45) is 5.74. The molecule has 31 heavy (non-hydrogen) atoms. The number of halogens is 1. The highest BCUT2D eigenvalue weighted by molar-refractivity contribution is 14.0. The average molecular weight is 537 g/mol. The number of nitrogens with one attached hydrogen (secondary N) is 3. The van der Waals surface area contributed by atoms with Crippen LogP contribution in [-0.2, 0) is 6.54 Å². The van der Waals surface area contributed by atoms with Gasteiger partial charge in [0, 0.05) is 37.6 Å². The van der Waals surface area contributed by atoms with Gasteiger partial charge in [0.05, 0.1) is 18.7 Å². The molecular formula is C23H32IN5O2. The zero-order valence-electron chi connectivity index (χ0n) is 18.2. The Labute approximate surface area is 201 Å². The molecule has 0 spiro atoms. The van der Waals surface area contributed by atoms with E-state index in [2.05, 4.69) is 51.0 Å². The topological polar surface area (TPSA) is 87.6 Å². The number of rotatable bonds is 10. The smallest absolute Gasteiger partial charge is 0.252 e. The van der Waals surface area contributed by atoms with Crippen molar-refractivity contribution in [2.75, 3.05) is 26.2 Å². The predicted molar refractivity (Wildman–Crippen MR) is 134 cm³/mol. The molecule has 168 valence electrons. The molecule has 1 heterocycles. The Balaban J connectivity index is 0.00000341.